The molecule has 1 saturated carbocycles. The molecule has 1 aromatic rings. The molecule has 0 bridgehead atoms. The van der Waals surface area contributed by atoms with Crippen molar-refractivity contribution >= 4 is 23.2 Å². The summed E-state index contributed by atoms with van der Waals surface area (Å²) in [5, 5.41) is 0.790. The van der Waals surface area contributed by atoms with E-state index in [-0.39, 0.29) is 0 Å². The second-order valence-electron chi connectivity index (χ2n) is 5.58. The zero-order chi connectivity index (χ0) is 13.4. The van der Waals surface area contributed by atoms with Gasteiger partial charge in [0.2, 0.25) is 5.91 Å². The first kappa shape index (κ1) is 12.8. The normalized spacial score (nSPS) is 26.4. The van der Waals surface area contributed by atoms with Crippen molar-refractivity contribution < 1.29 is 4.79 Å². The monoisotopic (exact) mass is 278 g/mol. The number of benzene rings is 1. The number of halogens is 1. The number of hydrogen-bond donors (Lipinski definition) is 0. The van der Waals surface area contributed by atoms with Gasteiger partial charge in [-0.1, -0.05) is 30.7 Å². The fourth-order valence-corrected chi connectivity index (χ4v) is 3.03. The maximum absolute atomic E-state index is 12.2. The minimum absolute atomic E-state index is 0.298. The summed E-state index contributed by atoms with van der Waals surface area (Å²) in [6.45, 7) is 5.52. The highest BCUT2D eigenvalue weighted by atomic mass is 35.5. The number of carbonyl (C=O) groups is 1. The second-order valence-corrected chi connectivity index (χ2v) is 5.99. The number of para-hydroxylation sites is 1. The Morgan fingerprint density at radius 1 is 1.21 bits per heavy atom. The number of anilines is 1. The van der Waals surface area contributed by atoms with Crippen molar-refractivity contribution in [3.8, 4) is 0 Å². The number of nitrogens with zero attached hydrogens (tertiary/aromatic N) is 2. The van der Waals surface area contributed by atoms with Crippen molar-refractivity contribution in [1.82, 2.24) is 4.90 Å². The molecule has 1 saturated heterocycles. The Bertz CT molecular complexity index is 483. The Labute approximate surface area is 119 Å². The van der Waals surface area contributed by atoms with Gasteiger partial charge in [0.15, 0.2) is 0 Å². The number of amides is 1. The van der Waals surface area contributed by atoms with E-state index in [1.807, 2.05) is 29.2 Å². The van der Waals surface area contributed by atoms with Crippen LogP contribution in [0.25, 0.3) is 0 Å². The average molecular weight is 279 g/mol. The largest absolute Gasteiger partial charge is 0.367 e. The van der Waals surface area contributed by atoms with Crippen molar-refractivity contribution in [3.05, 3.63) is 29.3 Å². The highest BCUT2D eigenvalue weighted by molar-refractivity contribution is 6.33. The van der Waals surface area contributed by atoms with Crippen molar-refractivity contribution in [3.63, 3.8) is 0 Å². The molecule has 2 fully saturated rings. The number of carbonyl (C=O) groups excluding carboxylic acids is 1. The van der Waals surface area contributed by atoms with Crippen LogP contribution in [0.3, 0.4) is 0 Å². The van der Waals surface area contributed by atoms with Gasteiger partial charge in [-0.15, -0.1) is 0 Å². The molecular weight excluding hydrogens is 260 g/mol. The highest BCUT2D eigenvalue weighted by Crippen LogP contribution is 2.39. The molecule has 19 heavy (non-hydrogen) atoms. The van der Waals surface area contributed by atoms with Gasteiger partial charge < -0.3 is 9.80 Å². The molecule has 0 aromatic heterocycles. The molecule has 0 radical (unpaired) electrons. The molecule has 4 heteroatoms. The molecule has 3 rings (SSSR count). The summed E-state index contributed by atoms with van der Waals surface area (Å²) < 4.78 is 0. The molecule has 0 N–H and O–H groups in total. The predicted molar refractivity (Wildman–Crippen MR) is 77.5 cm³/mol. The van der Waals surface area contributed by atoms with Crippen molar-refractivity contribution in [2.75, 3.05) is 31.1 Å². The Morgan fingerprint density at radius 3 is 2.42 bits per heavy atom. The van der Waals surface area contributed by atoms with Crippen LogP contribution in [0, 0.1) is 11.8 Å². The van der Waals surface area contributed by atoms with Crippen molar-refractivity contribution in [2.24, 2.45) is 11.8 Å². The summed E-state index contributed by atoms with van der Waals surface area (Å²) >= 11 is 6.21. The molecule has 1 aromatic carbocycles. The summed E-state index contributed by atoms with van der Waals surface area (Å²) in [7, 11) is 0. The van der Waals surface area contributed by atoms with Gasteiger partial charge in [0.05, 0.1) is 10.7 Å². The number of hydrogen-bond acceptors (Lipinski definition) is 2. The molecular formula is C15H19ClN2O. The summed E-state index contributed by atoms with van der Waals surface area (Å²) in [6, 6.07) is 7.91. The molecule has 3 nitrogen and oxygen atoms in total. The van der Waals surface area contributed by atoms with Gasteiger partial charge in [-0.05, 0) is 24.5 Å². The van der Waals surface area contributed by atoms with E-state index in [0.29, 0.717) is 17.7 Å². The molecule has 1 amide bonds. The van der Waals surface area contributed by atoms with Gasteiger partial charge >= 0.3 is 0 Å². The van der Waals surface area contributed by atoms with Crippen LogP contribution >= 0.6 is 11.6 Å². The maximum atomic E-state index is 12.2. The van der Waals surface area contributed by atoms with Crippen molar-refractivity contribution in [2.45, 2.75) is 13.3 Å². The second kappa shape index (κ2) is 5.04. The Hall–Kier alpha value is -1.22. The van der Waals surface area contributed by atoms with Crippen LogP contribution < -0.4 is 4.90 Å². The lowest BCUT2D eigenvalue weighted by molar-refractivity contribution is -0.133. The van der Waals surface area contributed by atoms with Crippen LogP contribution in [-0.2, 0) is 4.79 Å². The van der Waals surface area contributed by atoms with Crippen LogP contribution in [0.1, 0.15) is 13.3 Å². The average Bonchev–Trinajstić information content (AvgIpc) is 3.16. The van der Waals surface area contributed by atoms with E-state index in [1.54, 1.807) is 0 Å². The van der Waals surface area contributed by atoms with E-state index >= 15 is 0 Å². The minimum atomic E-state index is 0.298. The van der Waals surface area contributed by atoms with E-state index in [0.717, 1.165) is 43.3 Å². The van der Waals surface area contributed by atoms with Crippen LogP contribution in [0.15, 0.2) is 24.3 Å². The van der Waals surface area contributed by atoms with Gasteiger partial charge in [-0.25, -0.2) is 0 Å². The Morgan fingerprint density at radius 2 is 1.84 bits per heavy atom. The van der Waals surface area contributed by atoms with Gasteiger partial charge in [-0.3, -0.25) is 4.79 Å². The molecule has 102 valence electrons. The van der Waals surface area contributed by atoms with Gasteiger partial charge in [0.1, 0.15) is 0 Å². The Kier molecular flexibility index (Phi) is 3.40. The van der Waals surface area contributed by atoms with Crippen molar-refractivity contribution in [1.29, 1.82) is 0 Å². The van der Waals surface area contributed by atoms with Gasteiger partial charge in [0, 0.05) is 32.1 Å². The van der Waals surface area contributed by atoms with Crippen LogP contribution in [0.5, 0.6) is 0 Å². The molecule has 1 aliphatic carbocycles. The van der Waals surface area contributed by atoms with E-state index < -0.39 is 0 Å². The molecule has 0 unspecified atom stereocenters. The van der Waals surface area contributed by atoms with Crippen LogP contribution in [0.2, 0.25) is 5.02 Å². The van der Waals surface area contributed by atoms with E-state index in [2.05, 4.69) is 11.8 Å². The van der Waals surface area contributed by atoms with Gasteiger partial charge in [-0.2, -0.15) is 0 Å². The third-order valence-corrected chi connectivity index (χ3v) is 4.53. The first-order valence-corrected chi connectivity index (χ1v) is 7.33. The molecule has 1 heterocycles. The maximum Gasteiger partial charge on any atom is 0.226 e. The number of piperazine rings is 1. The highest BCUT2D eigenvalue weighted by Gasteiger charge is 2.41. The summed E-state index contributed by atoms with van der Waals surface area (Å²) in [5.74, 6) is 1.24. The smallest absolute Gasteiger partial charge is 0.226 e. The Balaban J connectivity index is 1.60. The molecule has 2 aliphatic rings. The van der Waals surface area contributed by atoms with E-state index in [9.17, 15) is 4.79 Å². The summed E-state index contributed by atoms with van der Waals surface area (Å²) in [5.41, 5.74) is 1.08. The quantitative estimate of drug-likeness (QED) is 0.830. The lowest BCUT2D eigenvalue weighted by Crippen LogP contribution is -2.49. The first-order chi connectivity index (χ1) is 9.16. The van der Waals surface area contributed by atoms with Gasteiger partial charge in [0.25, 0.3) is 0 Å². The zero-order valence-corrected chi connectivity index (χ0v) is 11.9. The van der Waals surface area contributed by atoms with E-state index in [1.165, 1.54) is 0 Å². The van der Waals surface area contributed by atoms with E-state index in [4.69, 9.17) is 11.6 Å². The van der Waals surface area contributed by atoms with Crippen LogP contribution in [0.4, 0.5) is 5.69 Å². The third-order valence-electron chi connectivity index (χ3n) is 4.21. The fraction of sp³-hybridized carbons (Fsp3) is 0.533. The third kappa shape index (κ3) is 2.57. The summed E-state index contributed by atoms with van der Waals surface area (Å²) in [6.07, 6.45) is 1.07. The SMILES string of the molecule is C[C@H]1C[C@H]1C(=O)N1CCN(c2ccccc2Cl)CC1. The minimum Gasteiger partial charge on any atom is -0.367 e. The van der Waals surface area contributed by atoms with Crippen LogP contribution in [-0.4, -0.2) is 37.0 Å². The lowest BCUT2D eigenvalue weighted by Gasteiger charge is -2.36. The predicted octanol–water partition coefficient (Wildman–Crippen LogP) is 2.64. The summed E-state index contributed by atoms with van der Waals surface area (Å²) in [4.78, 5) is 16.4. The zero-order valence-electron chi connectivity index (χ0n) is 11.2. The standard InChI is InChI=1S/C15H19ClN2O/c1-11-10-12(11)15(19)18-8-6-17(7-9-18)14-5-3-2-4-13(14)16/h2-5,11-12H,6-10H2,1H3/t11-,12+/m0/s1. The molecule has 0 spiro atoms. The fourth-order valence-electron chi connectivity index (χ4n) is 2.78. The number of rotatable bonds is 2. The molecule has 1 aliphatic heterocycles. The topological polar surface area (TPSA) is 23.6 Å². The molecule has 2 atom stereocenters. The first-order valence-electron chi connectivity index (χ1n) is 6.95. The lowest BCUT2D eigenvalue weighted by atomic mass is 10.2.